The molecular formula is C37H61N5O6. The van der Waals surface area contributed by atoms with Gasteiger partial charge < -0.3 is 26.2 Å². The number of carbonyl (C=O) groups excluding carboxylic acids is 6. The smallest absolute Gasteiger partial charge is 0.316 e. The molecule has 1 aromatic rings. The molecule has 11 nitrogen and oxygen atoms in total. The Hall–Kier alpha value is -4.02. The van der Waals surface area contributed by atoms with Crippen LogP contribution in [0, 0.1) is 11.3 Å². The number of Topliss-reactive ketones (excluding diaryl/α,β-unsaturated/α-hetero) is 2. The summed E-state index contributed by atoms with van der Waals surface area (Å²) in [7, 11) is 0. The largest absolute Gasteiger partial charge is 0.348 e. The molecule has 48 heavy (non-hydrogen) atoms. The predicted molar refractivity (Wildman–Crippen MR) is 191 cm³/mol. The van der Waals surface area contributed by atoms with Gasteiger partial charge in [-0.3, -0.25) is 24.0 Å². The van der Waals surface area contributed by atoms with E-state index in [0.29, 0.717) is 24.8 Å². The average Bonchev–Trinajstić information content (AvgIpc) is 3.49. The summed E-state index contributed by atoms with van der Waals surface area (Å²) in [6.45, 7) is 22.2. The molecule has 0 radical (unpaired) electrons. The lowest BCUT2D eigenvalue weighted by atomic mass is 9.85. The minimum Gasteiger partial charge on any atom is -0.348 e. The van der Waals surface area contributed by atoms with E-state index in [1.165, 1.54) is 18.9 Å². The average molecular weight is 672 g/mol. The van der Waals surface area contributed by atoms with Crippen LogP contribution in [0.15, 0.2) is 43.0 Å². The molecule has 1 aliphatic rings. The Labute approximate surface area is 288 Å². The molecule has 0 bridgehead atoms. The fraction of sp³-hybridized carbons (Fsp3) is 0.622. The maximum atomic E-state index is 13.1. The van der Waals surface area contributed by atoms with Crippen molar-refractivity contribution in [3.63, 3.8) is 0 Å². The van der Waals surface area contributed by atoms with Crippen molar-refractivity contribution in [2.45, 2.75) is 125 Å². The zero-order valence-electron chi connectivity index (χ0n) is 30.7. The van der Waals surface area contributed by atoms with Gasteiger partial charge in [0, 0.05) is 24.7 Å². The number of benzene rings is 1. The zero-order valence-corrected chi connectivity index (χ0v) is 30.7. The highest BCUT2D eigenvalue weighted by Crippen LogP contribution is 2.25. The quantitative estimate of drug-likeness (QED) is 0.0871. The number of amides is 5. The standard InChI is InChI=1S/C23H35N3O3.C10H16N2O3.C4H10/c1-15(2)18(19(27)17-12-8-7-9-13-17)24-22(29)25-20(23(4,5)6)21(28)26-14-10-11-16(26)3;1-3-5-8(12-7-13)9(14)10(15)11-6-4-2;1-3-4-2/h7-9,12-13,15-16,18,20H,10-11,14H2,1-6H3,(H2,24,25,29);4,7-8H,2-3,5-6H2,1H3,(H,11,15)(H,12,13);3-4H2,1-2H3. The van der Waals surface area contributed by atoms with E-state index in [-0.39, 0.29) is 30.2 Å². The van der Waals surface area contributed by atoms with Crippen molar-refractivity contribution in [2.75, 3.05) is 13.1 Å². The number of nitrogens with one attached hydrogen (secondary N) is 4. The lowest BCUT2D eigenvalue weighted by molar-refractivity contribution is -0.139. The molecule has 0 spiro atoms. The Morgan fingerprint density at radius 3 is 2.02 bits per heavy atom. The maximum absolute atomic E-state index is 13.1. The van der Waals surface area contributed by atoms with E-state index < -0.39 is 41.3 Å². The monoisotopic (exact) mass is 671 g/mol. The van der Waals surface area contributed by atoms with E-state index in [4.69, 9.17) is 0 Å². The highest BCUT2D eigenvalue weighted by atomic mass is 16.2. The van der Waals surface area contributed by atoms with Crippen LogP contribution in [0.2, 0.25) is 0 Å². The normalized spacial score (nSPS) is 15.6. The fourth-order valence-electron chi connectivity index (χ4n) is 4.78. The molecule has 4 unspecified atom stereocenters. The van der Waals surface area contributed by atoms with Crippen LogP contribution in [0.5, 0.6) is 0 Å². The zero-order chi connectivity index (χ0) is 36.9. The summed E-state index contributed by atoms with van der Waals surface area (Å²) < 4.78 is 0. The van der Waals surface area contributed by atoms with Crippen LogP contribution in [-0.4, -0.2) is 78.0 Å². The van der Waals surface area contributed by atoms with Gasteiger partial charge in [0.2, 0.25) is 18.1 Å². The molecule has 0 aromatic heterocycles. The molecule has 270 valence electrons. The molecule has 1 saturated heterocycles. The van der Waals surface area contributed by atoms with E-state index in [1.54, 1.807) is 24.3 Å². The number of urea groups is 1. The van der Waals surface area contributed by atoms with Gasteiger partial charge >= 0.3 is 6.03 Å². The number of hydrogen-bond donors (Lipinski definition) is 4. The third kappa shape index (κ3) is 15.7. The predicted octanol–water partition coefficient (Wildman–Crippen LogP) is 5.20. The van der Waals surface area contributed by atoms with Crippen molar-refractivity contribution in [1.29, 1.82) is 0 Å². The molecule has 2 rings (SSSR count). The van der Waals surface area contributed by atoms with Gasteiger partial charge in [0.1, 0.15) is 6.04 Å². The number of hydrogen-bond acceptors (Lipinski definition) is 6. The first-order valence-corrected chi connectivity index (χ1v) is 17.2. The molecule has 4 N–H and O–H groups in total. The SMILES string of the molecule is C=CCNC(=O)C(=O)C(CCC)NC=O.CC(C)C(NC(=O)NC(C(=O)N1CCCC1C)C(C)(C)C)C(=O)c1ccccc1.CCCC. The summed E-state index contributed by atoms with van der Waals surface area (Å²) in [4.78, 5) is 73.6. The van der Waals surface area contributed by atoms with E-state index in [0.717, 1.165) is 19.4 Å². The molecule has 4 atom stereocenters. The lowest BCUT2D eigenvalue weighted by Crippen LogP contribution is -2.59. The fourth-order valence-corrected chi connectivity index (χ4v) is 4.78. The molecule has 1 aliphatic heterocycles. The number of rotatable bonds is 15. The molecular weight excluding hydrogens is 610 g/mol. The van der Waals surface area contributed by atoms with Gasteiger partial charge in [0.25, 0.3) is 5.91 Å². The van der Waals surface area contributed by atoms with Crippen molar-refractivity contribution in [3.8, 4) is 0 Å². The Kier molecular flexibility index (Phi) is 21.4. The lowest BCUT2D eigenvalue weighted by Gasteiger charge is -2.35. The number of likely N-dealkylation sites (tertiary alicyclic amines) is 1. The van der Waals surface area contributed by atoms with Gasteiger partial charge in [-0.05, 0) is 37.5 Å². The second-order valence-electron chi connectivity index (χ2n) is 13.4. The number of unbranched alkanes of at least 4 members (excludes halogenated alkanes) is 1. The van der Waals surface area contributed by atoms with E-state index in [2.05, 4.69) is 41.7 Å². The molecule has 1 fully saturated rings. The summed E-state index contributed by atoms with van der Waals surface area (Å²) in [5, 5.41) is 10.3. The van der Waals surface area contributed by atoms with E-state index in [1.807, 2.05) is 59.4 Å². The van der Waals surface area contributed by atoms with Crippen LogP contribution >= 0.6 is 0 Å². The maximum Gasteiger partial charge on any atom is 0.316 e. The van der Waals surface area contributed by atoms with Gasteiger partial charge in [-0.15, -0.1) is 6.58 Å². The summed E-state index contributed by atoms with van der Waals surface area (Å²) >= 11 is 0. The highest BCUT2D eigenvalue weighted by Gasteiger charge is 2.39. The van der Waals surface area contributed by atoms with Gasteiger partial charge in [-0.2, -0.15) is 0 Å². The molecule has 5 amide bonds. The van der Waals surface area contributed by atoms with Crippen LogP contribution in [-0.2, 0) is 19.2 Å². The van der Waals surface area contributed by atoms with Crippen LogP contribution < -0.4 is 21.3 Å². The van der Waals surface area contributed by atoms with Crippen LogP contribution in [0.4, 0.5) is 4.79 Å². The van der Waals surface area contributed by atoms with Crippen molar-refractivity contribution >= 4 is 35.8 Å². The highest BCUT2D eigenvalue weighted by molar-refractivity contribution is 6.38. The summed E-state index contributed by atoms with van der Waals surface area (Å²) in [6, 6.07) is 6.57. The third-order valence-electron chi connectivity index (χ3n) is 7.81. The van der Waals surface area contributed by atoms with Gasteiger partial charge in [0.05, 0.1) is 12.1 Å². The number of ketones is 2. The third-order valence-corrected chi connectivity index (χ3v) is 7.81. The summed E-state index contributed by atoms with van der Waals surface area (Å²) in [5.74, 6) is -1.60. The first-order chi connectivity index (χ1) is 22.6. The Bertz CT molecular complexity index is 1160. The molecule has 1 aromatic carbocycles. The summed E-state index contributed by atoms with van der Waals surface area (Å²) in [6.07, 6.45) is 7.68. The van der Waals surface area contributed by atoms with E-state index >= 15 is 0 Å². The van der Waals surface area contributed by atoms with E-state index in [9.17, 15) is 28.8 Å². The molecule has 11 heteroatoms. The van der Waals surface area contributed by atoms with Crippen molar-refractivity contribution in [2.24, 2.45) is 11.3 Å². The molecule has 0 saturated carbocycles. The van der Waals surface area contributed by atoms with Crippen molar-refractivity contribution < 1.29 is 28.8 Å². The first-order valence-electron chi connectivity index (χ1n) is 17.2. The van der Waals surface area contributed by atoms with Gasteiger partial charge in [0.15, 0.2) is 5.78 Å². The first kappa shape index (κ1) is 44.0. The second kappa shape index (κ2) is 23.3. The van der Waals surface area contributed by atoms with Crippen LogP contribution in [0.25, 0.3) is 0 Å². The molecule has 1 heterocycles. The van der Waals surface area contributed by atoms with Crippen molar-refractivity contribution in [1.82, 2.24) is 26.2 Å². The Balaban J connectivity index is 0.000000974. The number of carbonyl (C=O) groups is 6. The minimum absolute atomic E-state index is 0.0619. The van der Waals surface area contributed by atoms with Crippen LogP contribution in [0.1, 0.15) is 111 Å². The minimum atomic E-state index is -0.725. The number of nitrogens with zero attached hydrogens (tertiary/aromatic N) is 1. The Morgan fingerprint density at radius 2 is 1.58 bits per heavy atom. The van der Waals surface area contributed by atoms with Gasteiger partial charge in [-0.25, -0.2) is 4.79 Å². The topological polar surface area (TPSA) is 154 Å². The van der Waals surface area contributed by atoms with Crippen LogP contribution in [0.3, 0.4) is 0 Å². The second-order valence-corrected chi connectivity index (χ2v) is 13.4. The van der Waals surface area contributed by atoms with Crippen molar-refractivity contribution in [3.05, 3.63) is 48.6 Å². The Morgan fingerprint density at radius 1 is 0.979 bits per heavy atom. The van der Waals surface area contributed by atoms with Gasteiger partial charge in [-0.1, -0.05) is 111 Å². The molecule has 0 aliphatic carbocycles. The summed E-state index contributed by atoms with van der Waals surface area (Å²) in [5.41, 5.74) is 0.105.